The normalized spacial score (nSPS) is 8.82. The Kier molecular flexibility index (Phi) is 11.8. The van der Waals surface area contributed by atoms with Crippen molar-refractivity contribution >= 4 is 17.0 Å². The monoisotopic (exact) mass is 181 g/mol. The summed E-state index contributed by atoms with van der Waals surface area (Å²) in [5.41, 5.74) is -1.36. The lowest BCUT2D eigenvalue weighted by Gasteiger charge is -2.13. The molecule has 0 unspecified atom stereocenters. The molecule has 11 heavy (non-hydrogen) atoms. The molecule has 68 valence electrons. The highest BCUT2D eigenvalue weighted by atomic mass is 35.5. The smallest absolute Gasteiger partial charge is 0.401 e. The predicted molar refractivity (Wildman–Crippen MR) is 47.3 cm³/mol. The lowest BCUT2D eigenvalue weighted by Crippen LogP contribution is -2.21. The average Bonchev–Trinajstić information content (AvgIpc) is 1.90. The molecule has 0 saturated heterocycles. The first kappa shape index (κ1) is 13.3. The van der Waals surface area contributed by atoms with E-state index in [1.165, 1.54) is 19.6 Å². The van der Waals surface area contributed by atoms with E-state index in [-0.39, 0.29) is 0 Å². The molecule has 0 heterocycles. The third-order valence-electron chi connectivity index (χ3n) is 1.34. The van der Waals surface area contributed by atoms with Crippen molar-refractivity contribution < 1.29 is 9.90 Å². The van der Waals surface area contributed by atoms with Crippen LogP contribution < -0.4 is 0 Å². The number of hydrogen-bond acceptors (Lipinski definition) is 2. The molecule has 0 aromatic carbocycles. The standard InChI is InChI=1S/C6H15N.CHClO2/c1-4-7(5-2)6-3;2-1(3)4/h4-6H2,1-3H3;(H,3,4). The molecule has 0 rings (SSSR count). The van der Waals surface area contributed by atoms with Crippen LogP contribution in [0.5, 0.6) is 0 Å². The largest absolute Gasteiger partial charge is 0.469 e. The zero-order valence-electron chi connectivity index (χ0n) is 7.30. The fourth-order valence-corrected chi connectivity index (χ4v) is 0.671. The number of carboxylic acid groups (broad SMARTS) is 1. The molecule has 0 aliphatic rings. The molecule has 0 radical (unpaired) electrons. The predicted octanol–water partition coefficient (Wildman–Crippen LogP) is 2.25. The van der Waals surface area contributed by atoms with Gasteiger partial charge in [-0.1, -0.05) is 20.8 Å². The van der Waals surface area contributed by atoms with E-state index in [0.29, 0.717) is 0 Å². The van der Waals surface area contributed by atoms with Crippen molar-refractivity contribution in [2.45, 2.75) is 20.8 Å². The van der Waals surface area contributed by atoms with Gasteiger partial charge in [-0.15, -0.1) is 0 Å². The topological polar surface area (TPSA) is 40.5 Å². The van der Waals surface area contributed by atoms with Gasteiger partial charge in [0, 0.05) is 11.6 Å². The van der Waals surface area contributed by atoms with Crippen LogP contribution >= 0.6 is 11.6 Å². The van der Waals surface area contributed by atoms with Crippen molar-refractivity contribution in [1.82, 2.24) is 4.90 Å². The SMILES string of the molecule is CCN(CC)CC.O=C(O)Cl. The summed E-state index contributed by atoms with van der Waals surface area (Å²) in [6.07, 6.45) is 0. The van der Waals surface area contributed by atoms with E-state index >= 15 is 0 Å². The summed E-state index contributed by atoms with van der Waals surface area (Å²) in [6.45, 7) is 10.1. The molecule has 0 amide bonds. The van der Waals surface area contributed by atoms with E-state index in [1.54, 1.807) is 0 Å². The van der Waals surface area contributed by atoms with Gasteiger partial charge >= 0.3 is 5.43 Å². The minimum Gasteiger partial charge on any atom is -0.469 e. The highest BCUT2D eigenvalue weighted by molar-refractivity contribution is 6.60. The van der Waals surface area contributed by atoms with Gasteiger partial charge in [0.15, 0.2) is 0 Å². The van der Waals surface area contributed by atoms with Gasteiger partial charge in [-0.2, -0.15) is 0 Å². The summed E-state index contributed by atoms with van der Waals surface area (Å²) in [5.74, 6) is 0. The minimum atomic E-state index is -1.36. The van der Waals surface area contributed by atoms with Crippen LogP contribution in [0.1, 0.15) is 20.8 Å². The molecule has 0 aliphatic heterocycles. The van der Waals surface area contributed by atoms with Gasteiger partial charge in [0.2, 0.25) is 0 Å². The second-order valence-corrected chi connectivity index (χ2v) is 2.20. The van der Waals surface area contributed by atoms with Crippen LogP contribution in [0.25, 0.3) is 0 Å². The Bertz CT molecular complexity index is 84.9. The zero-order valence-corrected chi connectivity index (χ0v) is 8.06. The number of nitrogens with zero attached hydrogens (tertiary/aromatic N) is 1. The number of hydrogen-bond donors (Lipinski definition) is 1. The van der Waals surface area contributed by atoms with Gasteiger partial charge < -0.3 is 10.0 Å². The Morgan fingerprint density at radius 1 is 1.27 bits per heavy atom. The molecule has 4 heteroatoms. The van der Waals surface area contributed by atoms with Gasteiger partial charge in [0.1, 0.15) is 0 Å². The maximum atomic E-state index is 8.77. The molecule has 0 aromatic rings. The van der Waals surface area contributed by atoms with Gasteiger partial charge in [-0.25, -0.2) is 4.79 Å². The maximum absolute atomic E-state index is 8.77. The summed E-state index contributed by atoms with van der Waals surface area (Å²) in [5, 5.41) is 7.18. The van der Waals surface area contributed by atoms with E-state index in [2.05, 4.69) is 37.3 Å². The van der Waals surface area contributed by atoms with E-state index in [9.17, 15) is 0 Å². The van der Waals surface area contributed by atoms with Crippen molar-refractivity contribution in [3.63, 3.8) is 0 Å². The van der Waals surface area contributed by atoms with Crippen molar-refractivity contribution in [2.24, 2.45) is 0 Å². The van der Waals surface area contributed by atoms with Crippen LogP contribution in [-0.2, 0) is 0 Å². The Morgan fingerprint density at radius 3 is 1.45 bits per heavy atom. The van der Waals surface area contributed by atoms with Crippen molar-refractivity contribution in [3.05, 3.63) is 0 Å². The van der Waals surface area contributed by atoms with E-state index in [1.807, 2.05) is 0 Å². The summed E-state index contributed by atoms with van der Waals surface area (Å²) in [4.78, 5) is 11.1. The minimum absolute atomic E-state index is 1.19. The molecule has 0 aliphatic carbocycles. The van der Waals surface area contributed by atoms with Crippen LogP contribution in [-0.4, -0.2) is 35.1 Å². The highest BCUT2D eigenvalue weighted by Gasteiger charge is 1.89. The van der Waals surface area contributed by atoms with E-state index < -0.39 is 5.43 Å². The van der Waals surface area contributed by atoms with E-state index in [4.69, 9.17) is 9.90 Å². The van der Waals surface area contributed by atoms with Crippen molar-refractivity contribution in [3.8, 4) is 0 Å². The fraction of sp³-hybridized carbons (Fsp3) is 0.857. The molecule has 0 spiro atoms. The second kappa shape index (κ2) is 9.72. The maximum Gasteiger partial charge on any atom is 0.401 e. The molecular weight excluding hydrogens is 166 g/mol. The molecule has 0 atom stereocenters. The molecule has 0 aromatic heterocycles. The van der Waals surface area contributed by atoms with Crippen LogP contribution in [0.3, 0.4) is 0 Å². The Morgan fingerprint density at radius 2 is 1.45 bits per heavy atom. The molecular formula is C7H16ClNO2. The van der Waals surface area contributed by atoms with Gasteiger partial charge in [-0.05, 0) is 19.6 Å². The van der Waals surface area contributed by atoms with Gasteiger partial charge in [0.25, 0.3) is 0 Å². The van der Waals surface area contributed by atoms with E-state index in [0.717, 1.165) is 0 Å². The Balaban J connectivity index is 0. The quantitative estimate of drug-likeness (QED) is 0.679. The van der Waals surface area contributed by atoms with Crippen LogP contribution in [0.4, 0.5) is 4.79 Å². The van der Waals surface area contributed by atoms with Crippen LogP contribution in [0.2, 0.25) is 0 Å². The third-order valence-corrected chi connectivity index (χ3v) is 1.34. The summed E-state index contributed by atoms with van der Waals surface area (Å²) in [7, 11) is 0. The number of rotatable bonds is 3. The Labute approximate surface area is 73.0 Å². The average molecular weight is 182 g/mol. The first-order valence-electron chi connectivity index (χ1n) is 3.69. The number of halogens is 1. The van der Waals surface area contributed by atoms with Gasteiger partial charge in [0.05, 0.1) is 0 Å². The first-order valence-corrected chi connectivity index (χ1v) is 4.06. The summed E-state index contributed by atoms with van der Waals surface area (Å²) >= 11 is 4.19. The molecule has 0 fully saturated rings. The number of carbonyl (C=O) groups is 1. The van der Waals surface area contributed by atoms with Crippen LogP contribution in [0, 0.1) is 0 Å². The highest BCUT2D eigenvalue weighted by Crippen LogP contribution is 1.81. The summed E-state index contributed by atoms with van der Waals surface area (Å²) in [6, 6.07) is 0. The first-order chi connectivity index (χ1) is 5.08. The lowest BCUT2D eigenvalue weighted by molar-refractivity contribution is 0.220. The molecule has 1 N–H and O–H groups in total. The molecule has 0 saturated carbocycles. The van der Waals surface area contributed by atoms with Crippen LogP contribution in [0.15, 0.2) is 0 Å². The summed E-state index contributed by atoms with van der Waals surface area (Å²) < 4.78 is 0. The zero-order chi connectivity index (χ0) is 9.28. The van der Waals surface area contributed by atoms with Crippen molar-refractivity contribution in [1.29, 1.82) is 0 Å². The molecule has 0 bridgehead atoms. The fourth-order valence-electron chi connectivity index (χ4n) is 0.671. The lowest BCUT2D eigenvalue weighted by atomic mass is 10.5. The molecule has 3 nitrogen and oxygen atoms in total. The second-order valence-electron chi connectivity index (χ2n) is 1.87. The van der Waals surface area contributed by atoms with Gasteiger partial charge in [-0.3, -0.25) is 0 Å². The van der Waals surface area contributed by atoms with Crippen molar-refractivity contribution in [2.75, 3.05) is 19.6 Å². The Hall–Kier alpha value is -0.280. The third kappa shape index (κ3) is 17.7.